The summed E-state index contributed by atoms with van der Waals surface area (Å²) in [5.41, 5.74) is 1.51. The van der Waals surface area contributed by atoms with Crippen LogP contribution < -0.4 is 0 Å². The van der Waals surface area contributed by atoms with Gasteiger partial charge in [-0.25, -0.2) is 4.39 Å². The second-order valence-corrected chi connectivity index (χ2v) is 8.03. The van der Waals surface area contributed by atoms with Gasteiger partial charge < -0.3 is 14.5 Å². The number of piperidine rings is 2. The second kappa shape index (κ2) is 8.01. The third-order valence-electron chi connectivity index (χ3n) is 6.52. The van der Waals surface area contributed by atoms with E-state index in [0.717, 1.165) is 44.5 Å². The number of aliphatic hydroxyl groups is 1. The molecule has 2 aliphatic heterocycles. The minimum Gasteiger partial charge on any atom is -0.396 e. The van der Waals surface area contributed by atoms with E-state index in [-0.39, 0.29) is 29.7 Å². The van der Waals surface area contributed by atoms with Gasteiger partial charge >= 0.3 is 0 Å². The molecule has 1 amide bonds. The summed E-state index contributed by atoms with van der Waals surface area (Å²) < 4.78 is 17.9. The Morgan fingerprint density at radius 3 is 2.54 bits per heavy atom. The molecule has 1 aromatic carbocycles. The molecule has 6 nitrogen and oxygen atoms in total. The molecule has 1 spiro atoms. The summed E-state index contributed by atoms with van der Waals surface area (Å²) in [6.07, 6.45) is 4.31. The van der Waals surface area contributed by atoms with Crippen molar-refractivity contribution < 1.29 is 18.8 Å². The maximum absolute atomic E-state index is 13.1. The number of halogens is 1. The van der Waals surface area contributed by atoms with Crippen LogP contribution in [0.15, 0.2) is 41.1 Å². The van der Waals surface area contributed by atoms with Gasteiger partial charge in [0.1, 0.15) is 12.1 Å². The summed E-state index contributed by atoms with van der Waals surface area (Å²) >= 11 is 0. The van der Waals surface area contributed by atoms with Crippen molar-refractivity contribution in [1.82, 2.24) is 15.0 Å². The Balaban J connectivity index is 1.36. The van der Waals surface area contributed by atoms with E-state index in [0.29, 0.717) is 18.8 Å². The maximum atomic E-state index is 13.1. The fourth-order valence-corrected chi connectivity index (χ4v) is 4.70. The number of carbonyl (C=O) groups is 1. The Hall–Kier alpha value is -2.25. The van der Waals surface area contributed by atoms with Gasteiger partial charge in [0.25, 0.3) is 5.91 Å². The highest BCUT2D eigenvalue weighted by molar-refractivity contribution is 5.92. The van der Waals surface area contributed by atoms with Crippen molar-refractivity contribution in [3.63, 3.8) is 0 Å². The first-order valence-electron chi connectivity index (χ1n) is 9.87. The molecule has 2 aromatic rings. The predicted molar refractivity (Wildman–Crippen MR) is 101 cm³/mol. The maximum Gasteiger partial charge on any atom is 0.276 e. The number of nitrogens with zero attached hydrogens (tertiary/aromatic N) is 3. The molecule has 7 heteroatoms. The lowest BCUT2D eigenvalue weighted by molar-refractivity contribution is -0.0366. The summed E-state index contributed by atoms with van der Waals surface area (Å²) in [4.78, 5) is 16.7. The first kappa shape index (κ1) is 19.1. The average Bonchev–Trinajstić information content (AvgIpc) is 3.26. The Morgan fingerprint density at radius 2 is 1.89 bits per heavy atom. The van der Waals surface area contributed by atoms with Crippen LogP contribution in [-0.2, 0) is 6.54 Å². The topological polar surface area (TPSA) is 69.8 Å². The Kier molecular flexibility index (Phi) is 5.46. The third kappa shape index (κ3) is 3.82. The smallest absolute Gasteiger partial charge is 0.276 e. The molecule has 3 heterocycles. The highest BCUT2D eigenvalue weighted by atomic mass is 19.1. The molecule has 1 aromatic heterocycles. The first-order chi connectivity index (χ1) is 13.6. The molecule has 2 saturated heterocycles. The summed E-state index contributed by atoms with van der Waals surface area (Å²) in [5, 5.41) is 13.8. The minimum atomic E-state index is -0.209. The van der Waals surface area contributed by atoms with E-state index in [2.05, 4.69) is 10.1 Å². The second-order valence-electron chi connectivity index (χ2n) is 8.03. The number of hydrogen-bond donors (Lipinski definition) is 1. The number of amides is 1. The standard InChI is InChI=1S/C21H26FN3O3/c22-18-3-1-16(2-4-18)13-24-9-6-21(7-10-24)8-11-25(14-17(21)15-26)20(27)19-5-12-28-23-19/h1-5,12,17,26H,6-11,13-15H2/t17-/m1/s1. The molecular formula is C21H26FN3O3. The molecule has 28 heavy (non-hydrogen) atoms. The van der Waals surface area contributed by atoms with Crippen LogP contribution >= 0.6 is 0 Å². The van der Waals surface area contributed by atoms with Gasteiger partial charge in [0.05, 0.1) is 0 Å². The van der Waals surface area contributed by atoms with Gasteiger partial charge in [0.15, 0.2) is 5.69 Å². The van der Waals surface area contributed by atoms with Gasteiger partial charge in [-0.05, 0) is 55.5 Å². The Bertz CT molecular complexity index is 786. The monoisotopic (exact) mass is 387 g/mol. The molecule has 4 rings (SSSR count). The van der Waals surface area contributed by atoms with Crippen molar-refractivity contribution in [3.05, 3.63) is 53.7 Å². The zero-order valence-electron chi connectivity index (χ0n) is 15.9. The van der Waals surface area contributed by atoms with E-state index in [1.54, 1.807) is 11.0 Å². The number of hydrogen-bond acceptors (Lipinski definition) is 5. The quantitative estimate of drug-likeness (QED) is 0.873. The van der Waals surface area contributed by atoms with Crippen molar-refractivity contribution in [1.29, 1.82) is 0 Å². The van der Waals surface area contributed by atoms with Gasteiger partial charge in [-0.3, -0.25) is 9.69 Å². The number of carbonyl (C=O) groups excluding carboxylic acids is 1. The summed E-state index contributed by atoms with van der Waals surface area (Å²) in [6, 6.07) is 8.26. The van der Waals surface area contributed by atoms with Gasteiger partial charge in [0.2, 0.25) is 0 Å². The third-order valence-corrected chi connectivity index (χ3v) is 6.52. The molecule has 0 bridgehead atoms. The summed E-state index contributed by atoms with van der Waals surface area (Å²) in [7, 11) is 0. The fourth-order valence-electron chi connectivity index (χ4n) is 4.70. The summed E-state index contributed by atoms with van der Waals surface area (Å²) in [6.45, 7) is 4.04. The van der Waals surface area contributed by atoms with Crippen LogP contribution in [0.1, 0.15) is 35.3 Å². The van der Waals surface area contributed by atoms with Crippen LogP contribution in [0.25, 0.3) is 0 Å². The van der Waals surface area contributed by atoms with Crippen LogP contribution in [-0.4, -0.2) is 58.8 Å². The van der Waals surface area contributed by atoms with Crippen LogP contribution in [0.3, 0.4) is 0 Å². The molecule has 2 fully saturated rings. The molecule has 150 valence electrons. The van der Waals surface area contributed by atoms with E-state index in [1.807, 2.05) is 12.1 Å². The van der Waals surface area contributed by atoms with Crippen molar-refractivity contribution in [2.45, 2.75) is 25.8 Å². The molecular weight excluding hydrogens is 361 g/mol. The fraction of sp³-hybridized carbons (Fsp3) is 0.524. The highest BCUT2D eigenvalue weighted by Crippen LogP contribution is 2.45. The molecule has 1 atom stereocenters. The molecule has 1 N–H and O–H groups in total. The molecule has 0 unspecified atom stereocenters. The van der Waals surface area contributed by atoms with E-state index in [1.165, 1.54) is 18.4 Å². The van der Waals surface area contributed by atoms with Gasteiger partial charge in [-0.1, -0.05) is 17.3 Å². The molecule has 2 aliphatic rings. The lowest BCUT2D eigenvalue weighted by Crippen LogP contribution is -2.54. The van der Waals surface area contributed by atoms with Crippen LogP contribution in [0.4, 0.5) is 4.39 Å². The van der Waals surface area contributed by atoms with Gasteiger partial charge in [0, 0.05) is 38.2 Å². The van der Waals surface area contributed by atoms with Gasteiger partial charge in [-0.15, -0.1) is 0 Å². The number of likely N-dealkylation sites (tertiary alicyclic amines) is 2. The van der Waals surface area contributed by atoms with Crippen molar-refractivity contribution >= 4 is 5.91 Å². The summed E-state index contributed by atoms with van der Waals surface area (Å²) in [5.74, 6) is -0.264. The minimum absolute atomic E-state index is 0.0741. The van der Waals surface area contributed by atoms with E-state index < -0.39 is 0 Å². The Morgan fingerprint density at radius 1 is 1.18 bits per heavy atom. The van der Waals surface area contributed by atoms with Crippen LogP contribution in [0.5, 0.6) is 0 Å². The zero-order chi connectivity index (χ0) is 19.6. The number of aliphatic hydroxyl groups excluding tert-OH is 1. The molecule has 0 radical (unpaired) electrons. The average molecular weight is 387 g/mol. The van der Waals surface area contributed by atoms with Crippen LogP contribution in [0, 0.1) is 17.2 Å². The largest absolute Gasteiger partial charge is 0.396 e. The first-order valence-corrected chi connectivity index (χ1v) is 9.87. The Labute approximate surface area is 163 Å². The van der Waals surface area contributed by atoms with Crippen molar-refractivity contribution in [3.8, 4) is 0 Å². The number of aromatic nitrogens is 1. The predicted octanol–water partition coefficient (Wildman–Crippen LogP) is 2.55. The van der Waals surface area contributed by atoms with Crippen molar-refractivity contribution in [2.75, 3.05) is 32.8 Å². The lowest BCUT2D eigenvalue weighted by atomic mass is 9.64. The van der Waals surface area contributed by atoms with Gasteiger partial charge in [-0.2, -0.15) is 0 Å². The molecule has 0 aliphatic carbocycles. The van der Waals surface area contributed by atoms with E-state index in [9.17, 15) is 14.3 Å². The molecule has 0 saturated carbocycles. The lowest BCUT2D eigenvalue weighted by Gasteiger charge is -2.51. The van der Waals surface area contributed by atoms with E-state index >= 15 is 0 Å². The SMILES string of the molecule is O=C(c1ccon1)N1CCC2(CCN(Cc3ccc(F)cc3)CC2)[C@@H](CO)C1. The van der Waals surface area contributed by atoms with Crippen molar-refractivity contribution in [2.24, 2.45) is 11.3 Å². The van der Waals surface area contributed by atoms with E-state index in [4.69, 9.17) is 4.52 Å². The van der Waals surface area contributed by atoms with Crippen LogP contribution in [0.2, 0.25) is 0 Å². The number of benzene rings is 1. The number of rotatable bonds is 4. The zero-order valence-corrected chi connectivity index (χ0v) is 15.9. The normalized spacial score (nSPS) is 22.5. The highest BCUT2D eigenvalue weighted by Gasteiger charge is 2.45.